The number of aromatic nitrogens is 3. The molecule has 2 aromatic heterocycles. The van der Waals surface area contributed by atoms with Crippen molar-refractivity contribution in [3.63, 3.8) is 0 Å². The van der Waals surface area contributed by atoms with Crippen molar-refractivity contribution in [3.05, 3.63) is 60.6 Å². The number of fused-ring (bicyclic) bond motifs is 1. The van der Waals surface area contributed by atoms with Crippen molar-refractivity contribution in [2.24, 2.45) is 0 Å². The van der Waals surface area contributed by atoms with Gasteiger partial charge in [-0.2, -0.15) is 0 Å². The molecule has 1 aromatic carbocycles. The van der Waals surface area contributed by atoms with Gasteiger partial charge in [0.05, 0.1) is 11.8 Å². The highest BCUT2D eigenvalue weighted by molar-refractivity contribution is 8.00. The van der Waals surface area contributed by atoms with Crippen LogP contribution in [0.25, 0.3) is 5.65 Å². The molecule has 0 N–H and O–H groups in total. The lowest BCUT2D eigenvalue weighted by molar-refractivity contribution is -0.130. The number of thioether (sulfide) groups is 1. The molecule has 5 nitrogen and oxygen atoms in total. The molecule has 1 atom stereocenters. The average Bonchev–Trinajstić information content (AvgIpc) is 3.03. The Morgan fingerprint density at radius 1 is 1.17 bits per heavy atom. The number of hydrogen-bond acceptors (Lipinski definition) is 4. The van der Waals surface area contributed by atoms with Crippen LogP contribution < -0.4 is 0 Å². The molecule has 24 heavy (non-hydrogen) atoms. The standard InChI is InChI=1S/C18H20N4OS/c1-3-15(24-14-9-5-4-6-10-14)18(23)21(2)13-17-20-19-16-11-7-8-12-22(16)17/h4-12,15H,3,13H2,1-2H3. The van der Waals surface area contributed by atoms with Gasteiger partial charge in [-0.15, -0.1) is 22.0 Å². The molecular formula is C18H20N4OS. The van der Waals surface area contributed by atoms with Gasteiger partial charge in [0.25, 0.3) is 0 Å². The van der Waals surface area contributed by atoms with Crippen molar-refractivity contribution in [1.29, 1.82) is 0 Å². The van der Waals surface area contributed by atoms with Crippen molar-refractivity contribution in [3.8, 4) is 0 Å². The Morgan fingerprint density at radius 2 is 1.92 bits per heavy atom. The molecule has 2 heterocycles. The summed E-state index contributed by atoms with van der Waals surface area (Å²) in [6.45, 7) is 2.48. The van der Waals surface area contributed by atoms with E-state index in [-0.39, 0.29) is 11.2 Å². The third-order valence-corrected chi connectivity index (χ3v) is 5.17. The molecule has 0 saturated carbocycles. The lowest BCUT2D eigenvalue weighted by Crippen LogP contribution is -2.34. The highest BCUT2D eigenvalue weighted by Crippen LogP contribution is 2.26. The van der Waals surface area contributed by atoms with E-state index in [9.17, 15) is 4.79 Å². The van der Waals surface area contributed by atoms with E-state index in [2.05, 4.69) is 10.2 Å². The molecule has 3 rings (SSSR count). The number of nitrogens with zero attached hydrogens (tertiary/aromatic N) is 4. The van der Waals surface area contributed by atoms with Gasteiger partial charge in [-0.25, -0.2) is 0 Å². The Bertz CT molecular complexity index is 818. The summed E-state index contributed by atoms with van der Waals surface area (Å²) in [5, 5.41) is 8.23. The highest BCUT2D eigenvalue weighted by Gasteiger charge is 2.22. The van der Waals surface area contributed by atoms with Crippen LogP contribution in [-0.2, 0) is 11.3 Å². The van der Waals surface area contributed by atoms with Crippen molar-refractivity contribution < 1.29 is 4.79 Å². The first kappa shape index (κ1) is 16.5. The normalized spacial score (nSPS) is 12.2. The molecule has 0 radical (unpaired) electrons. The first-order valence-corrected chi connectivity index (χ1v) is 8.82. The van der Waals surface area contributed by atoms with E-state index in [1.54, 1.807) is 16.7 Å². The van der Waals surface area contributed by atoms with Crippen LogP contribution in [0.1, 0.15) is 19.2 Å². The summed E-state index contributed by atoms with van der Waals surface area (Å²) in [7, 11) is 1.82. The maximum absolute atomic E-state index is 12.8. The predicted octanol–water partition coefficient (Wildman–Crippen LogP) is 3.26. The third-order valence-electron chi connectivity index (χ3n) is 3.81. The molecule has 0 bridgehead atoms. The summed E-state index contributed by atoms with van der Waals surface area (Å²) in [5.41, 5.74) is 0.791. The number of amides is 1. The Morgan fingerprint density at radius 3 is 2.67 bits per heavy atom. The zero-order valence-electron chi connectivity index (χ0n) is 13.8. The molecule has 0 saturated heterocycles. The van der Waals surface area contributed by atoms with Gasteiger partial charge in [-0.3, -0.25) is 9.20 Å². The quantitative estimate of drug-likeness (QED) is 0.646. The fourth-order valence-corrected chi connectivity index (χ4v) is 3.60. The van der Waals surface area contributed by atoms with Crippen LogP contribution in [-0.4, -0.2) is 37.7 Å². The van der Waals surface area contributed by atoms with Gasteiger partial charge in [0.2, 0.25) is 5.91 Å². The lowest BCUT2D eigenvalue weighted by atomic mass is 10.3. The first-order valence-electron chi connectivity index (χ1n) is 7.94. The summed E-state index contributed by atoms with van der Waals surface area (Å²) in [6, 6.07) is 15.8. The maximum Gasteiger partial charge on any atom is 0.236 e. The molecule has 0 aliphatic carbocycles. The molecule has 1 amide bonds. The van der Waals surface area contributed by atoms with E-state index in [0.717, 1.165) is 22.8 Å². The Kier molecular flexibility index (Phi) is 5.15. The zero-order chi connectivity index (χ0) is 16.9. The van der Waals surface area contributed by atoms with E-state index in [1.165, 1.54) is 0 Å². The maximum atomic E-state index is 12.8. The Balaban J connectivity index is 1.71. The van der Waals surface area contributed by atoms with Gasteiger partial charge in [0.1, 0.15) is 0 Å². The van der Waals surface area contributed by atoms with Gasteiger partial charge in [0, 0.05) is 18.1 Å². The van der Waals surface area contributed by atoms with E-state index in [4.69, 9.17) is 0 Å². The van der Waals surface area contributed by atoms with Crippen LogP contribution in [0.3, 0.4) is 0 Å². The van der Waals surface area contributed by atoms with Crippen molar-refractivity contribution >= 4 is 23.3 Å². The van der Waals surface area contributed by atoms with E-state index < -0.39 is 0 Å². The molecule has 0 fully saturated rings. The summed E-state index contributed by atoms with van der Waals surface area (Å²) in [4.78, 5) is 15.6. The van der Waals surface area contributed by atoms with Crippen LogP contribution in [0, 0.1) is 0 Å². The monoisotopic (exact) mass is 340 g/mol. The van der Waals surface area contributed by atoms with Crippen molar-refractivity contribution in [1.82, 2.24) is 19.5 Å². The molecule has 6 heteroatoms. The van der Waals surface area contributed by atoms with E-state index in [1.807, 2.05) is 73.1 Å². The molecule has 1 unspecified atom stereocenters. The molecule has 0 aliphatic heterocycles. The summed E-state index contributed by atoms with van der Waals surface area (Å²) >= 11 is 1.61. The van der Waals surface area contributed by atoms with Crippen molar-refractivity contribution in [2.75, 3.05) is 7.05 Å². The number of hydrogen-bond donors (Lipinski definition) is 0. The second-order valence-electron chi connectivity index (χ2n) is 5.57. The predicted molar refractivity (Wildman–Crippen MR) is 95.8 cm³/mol. The summed E-state index contributed by atoms with van der Waals surface area (Å²) in [5.74, 6) is 0.875. The van der Waals surface area contributed by atoms with Crippen LogP contribution in [0.15, 0.2) is 59.6 Å². The summed E-state index contributed by atoms with van der Waals surface area (Å²) < 4.78 is 1.91. The number of rotatable bonds is 6. The van der Waals surface area contributed by atoms with E-state index >= 15 is 0 Å². The smallest absolute Gasteiger partial charge is 0.236 e. The molecule has 124 valence electrons. The van der Waals surface area contributed by atoms with Gasteiger partial charge in [-0.05, 0) is 30.7 Å². The minimum absolute atomic E-state index is 0.100. The van der Waals surface area contributed by atoms with E-state index in [0.29, 0.717) is 6.54 Å². The Hall–Kier alpha value is -2.34. The van der Waals surface area contributed by atoms with Crippen LogP contribution >= 0.6 is 11.8 Å². The number of benzene rings is 1. The van der Waals surface area contributed by atoms with Crippen LogP contribution in [0.4, 0.5) is 0 Å². The molecule has 0 aliphatic rings. The Labute approximate surface area is 145 Å². The fourth-order valence-electron chi connectivity index (χ4n) is 2.51. The molecular weight excluding hydrogens is 320 g/mol. The number of carbonyl (C=O) groups excluding carboxylic acids is 1. The number of carbonyl (C=O) groups is 1. The topological polar surface area (TPSA) is 50.5 Å². The average molecular weight is 340 g/mol. The first-order chi connectivity index (χ1) is 11.7. The van der Waals surface area contributed by atoms with Crippen molar-refractivity contribution in [2.45, 2.75) is 30.0 Å². The zero-order valence-corrected chi connectivity index (χ0v) is 14.6. The van der Waals surface area contributed by atoms with Crippen LogP contribution in [0.5, 0.6) is 0 Å². The number of pyridine rings is 1. The SMILES string of the molecule is CCC(Sc1ccccc1)C(=O)N(C)Cc1nnc2ccccn12. The van der Waals surface area contributed by atoms with Gasteiger partial charge >= 0.3 is 0 Å². The summed E-state index contributed by atoms with van der Waals surface area (Å²) in [6.07, 6.45) is 2.70. The fraction of sp³-hybridized carbons (Fsp3) is 0.278. The molecule has 0 spiro atoms. The third kappa shape index (κ3) is 3.59. The second kappa shape index (κ2) is 7.49. The highest BCUT2D eigenvalue weighted by atomic mass is 32.2. The van der Waals surface area contributed by atoms with Gasteiger partial charge in [0.15, 0.2) is 11.5 Å². The van der Waals surface area contributed by atoms with Crippen LogP contribution in [0.2, 0.25) is 0 Å². The largest absolute Gasteiger partial charge is 0.337 e. The van der Waals surface area contributed by atoms with Gasteiger partial charge in [-0.1, -0.05) is 31.2 Å². The molecule has 3 aromatic rings. The minimum atomic E-state index is -0.100. The second-order valence-corrected chi connectivity index (χ2v) is 6.84. The minimum Gasteiger partial charge on any atom is -0.337 e. The lowest BCUT2D eigenvalue weighted by Gasteiger charge is -2.22. The van der Waals surface area contributed by atoms with Gasteiger partial charge < -0.3 is 4.90 Å².